The summed E-state index contributed by atoms with van der Waals surface area (Å²) in [5.74, 6) is -0.211. The summed E-state index contributed by atoms with van der Waals surface area (Å²) in [6.07, 6.45) is 0. The first kappa shape index (κ1) is 14.8. The van der Waals surface area contributed by atoms with Gasteiger partial charge in [-0.25, -0.2) is 4.52 Å². The fraction of sp³-hybridized carbons (Fsp3) is 0.0556. The molecule has 2 aromatic carbocycles. The van der Waals surface area contributed by atoms with Gasteiger partial charge in [0.1, 0.15) is 11.2 Å². The molecule has 0 fully saturated rings. The number of hydrogen-bond acceptors (Lipinski definition) is 3. The van der Waals surface area contributed by atoms with Gasteiger partial charge >= 0.3 is 0 Å². The predicted molar refractivity (Wildman–Crippen MR) is 95.5 cm³/mol. The third kappa shape index (κ3) is 2.18. The molecule has 4 rings (SSSR count). The van der Waals surface area contributed by atoms with E-state index in [4.69, 9.17) is 0 Å². The lowest BCUT2D eigenvalue weighted by Crippen LogP contribution is -2.19. The molecule has 0 saturated carbocycles. The SMILES string of the molecule is Cn1c(=O)c2cc(C(=O)c3ccc(Br)cc3)nn2c2ccccc21. The van der Waals surface area contributed by atoms with E-state index in [-0.39, 0.29) is 17.0 Å². The highest BCUT2D eigenvalue weighted by Gasteiger charge is 2.17. The summed E-state index contributed by atoms with van der Waals surface area (Å²) in [6.45, 7) is 0. The molecule has 0 N–H and O–H groups in total. The molecular formula is C18H12BrN3O2. The Hall–Kier alpha value is -2.73. The third-order valence-corrected chi connectivity index (χ3v) is 4.57. The van der Waals surface area contributed by atoms with Crippen LogP contribution >= 0.6 is 15.9 Å². The van der Waals surface area contributed by atoms with E-state index in [1.807, 2.05) is 24.3 Å². The summed E-state index contributed by atoms with van der Waals surface area (Å²) < 4.78 is 4.01. The molecule has 118 valence electrons. The Kier molecular flexibility index (Phi) is 3.35. The van der Waals surface area contributed by atoms with Crippen molar-refractivity contribution in [3.63, 3.8) is 0 Å². The molecule has 4 aromatic rings. The lowest BCUT2D eigenvalue weighted by atomic mass is 10.1. The van der Waals surface area contributed by atoms with E-state index < -0.39 is 0 Å². The Labute approximate surface area is 145 Å². The molecule has 0 bridgehead atoms. The summed E-state index contributed by atoms with van der Waals surface area (Å²) >= 11 is 3.35. The van der Waals surface area contributed by atoms with Crippen LogP contribution in [0, 0.1) is 0 Å². The molecule has 5 nitrogen and oxygen atoms in total. The van der Waals surface area contributed by atoms with Crippen LogP contribution in [0.3, 0.4) is 0 Å². The van der Waals surface area contributed by atoms with E-state index in [1.165, 1.54) is 0 Å². The molecule has 0 amide bonds. The van der Waals surface area contributed by atoms with Crippen molar-refractivity contribution >= 4 is 38.3 Å². The maximum atomic E-state index is 12.7. The lowest BCUT2D eigenvalue weighted by molar-refractivity contribution is 0.103. The van der Waals surface area contributed by atoms with Gasteiger partial charge in [-0.3, -0.25) is 9.59 Å². The first-order valence-corrected chi connectivity index (χ1v) is 8.13. The van der Waals surface area contributed by atoms with E-state index in [1.54, 1.807) is 46.5 Å². The van der Waals surface area contributed by atoms with Gasteiger partial charge in [0.15, 0.2) is 0 Å². The van der Waals surface area contributed by atoms with E-state index in [0.717, 1.165) is 15.5 Å². The smallest absolute Gasteiger partial charge is 0.276 e. The minimum absolute atomic E-state index is 0.184. The Morgan fingerprint density at radius 1 is 1.00 bits per heavy atom. The molecule has 0 unspecified atom stereocenters. The van der Waals surface area contributed by atoms with E-state index in [2.05, 4.69) is 21.0 Å². The molecule has 0 aliphatic rings. The standard InChI is InChI=1S/C18H12BrN3O2/c1-21-14-4-2-3-5-15(14)22-16(18(21)24)10-13(20-22)17(23)11-6-8-12(19)9-7-11/h2-10H,1H3. The van der Waals surface area contributed by atoms with Crippen molar-refractivity contribution < 1.29 is 4.79 Å². The minimum atomic E-state index is -0.211. The van der Waals surface area contributed by atoms with Gasteiger partial charge in [0.25, 0.3) is 5.56 Å². The van der Waals surface area contributed by atoms with Crippen molar-refractivity contribution in [2.45, 2.75) is 0 Å². The van der Waals surface area contributed by atoms with Crippen LogP contribution < -0.4 is 5.56 Å². The number of halogens is 1. The number of carbonyl (C=O) groups excluding carboxylic acids is 1. The van der Waals surface area contributed by atoms with Crippen molar-refractivity contribution in [3.05, 3.63) is 80.7 Å². The highest BCUT2D eigenvalue weighted by atomic mass is 79.9. The molecule has 2 aromatic heterocycles. The second kappa shape index (κ2) is 5.42. The molecule has 0 saturated heterocycles. The molecule has 0 radical (unpaired) electrons. The lowest BCUT2D eigenvalue weighted by Gasteiger charge is -2.06. The maximum Gasteiger partial charge on any atom is 0.276 e. The predicted octanol–water partition coefficient (Wildman–Crippen LogP) is 3.18. The number of hydrogen-bond donors (Lipinski definition) is 0. The molecule has 2 heterocycles. The van der Waals surface area contributed by atoms with Crippen molar-refractivity contribution in [2.24, 2.45) is 7.05 Å². The largest absolute Gasteiger partial charge is 0.308 e. The van der Waals surface area contributed by atoms with Gasteiger partial charge in [0.05, 0.1) is 11.0 Å². The van der Waals surface area contributed by atoms with Crippen molar-refractivity contribution in [2.75, 3.05) is 0 Å². The first-order chi connectivity index (χ1) is 11.6. The quantitative estimate of drug-likeness (QED) is 0.501. The highest BCUT2D eigenvalue weighted by molar-refractivity contribution is 9.10. The average Bonchev–Trinajstić information content (AvgIpc) is 3.05. The second-order valence-electron chi connectivity index (χ2n) is 5.52. The first-order valence-electron chi connectivity index (χ1n) is 7.34. The Balaban J connectivity index is 1.97. The summed E-state index contributed by atoms with van der Waals surface area (Å²) in [5, 5.41) is 4.38. The summed E-state index contributed by atoms with van der Waals surface area (Å²) in [4.78, 5) is 25.2. The Morgan fingerprint density at radius 2 is 1.67 bits per heavy atom. The van der Waals surface area contributed by atoms with Crippen molar-refractivity contribution in [1.82, 2.24) is 14.2 Å². The molecular weight excluding hydrogens is 370 g/mol. The zero-order valence-corrected chi connectivity index (χ0v) is 14.3. The zero-order valence-electron chi connectivity index (χ0n) is 12.7. The monoisotopic (exact) mass is 381 g/mol. The second-order valence-corrected chi connectivity index (χ2v) is 6.43. The molecule has 0 atom stereocenters. The Bertz CT molecular complexity index is 1160. The van der Waals surface area contributed by atoms with E-state index >= 15 is 0 Å². The fourth-order valence-electron chi connectivity index (χ4n) is 2.79. The van der Waals surface area contributed by atoms with Crippen molar-refractivity contribution in [3.8, 4) is 0 Å². The number of carbonyl (C=O) groups is 1. The number of aromatic nitrogens is 3. The normalized spacial score (nSPS) is 11.2. The van der Waals surface area contributed by atoms with Crippen LogP contribution in [-0.4, -0.2) is 20.0 Å². The third-order valence-electron chi connectivity index (χ3n) is 4.04. The number of rotatable bonds is 2. The number of benzene rings is 2. The number of aryl methyl sites for hydroxylation is 1. The van der Waals surface area contributed by atoms with Gasteiger partial charge in [-0.2, -0.15) is 5.10 Å². The van der Waals surface area contributed by atoms with Gasteiger partial charge in [0.2, 0.25) is 5.78 Å². The molecule has 6 heteroatoms. The minimum Gasteiger partial charge on any atom is -0.308 e. The van der Waals surface area contributed by atoms with Gasteiger partial charge in [-0.05, 0) is 36.4 Å². The zero-order chi connectivity index (χ0) is 16.8. The highest BCUT2D eigenvalue weighted by Crippen LogP contribution is 2.17. The van der Waals surface area contributed by atoms with Crippen LogP contribution in [0.1, 0.15) is 16.1 Å². The molecule has 0 spiro atoms. The summed E-state index contributed by atoms with van der Waals surface area (Å²) in [5.41, 5.74) is 2.53. The number of fused-ring (bicyclic) bond motifs is 3. The maximum absolute atomic E-state index is 12.7. The van der Waals surface area contributed by atoms with Gasteiger partial charge < -0.3 is 4.57 Å². The molecule has 0 aliphatic heterocycles. The van der Waals surface area contributed by atoms with Crippen LogP contribution in [0.4, 0.5) is 0 Å². The van der Waals surface area contributed by atoms with Crippen LogP contribution in [0.5, 0.6) is 0 Å². The fourth-order valence-corrected chi connectivity index (χ4v) is 3.05. The van der Waals surface area contributed by atoms with Gasteiger partial charge in [-0.15, -0.1) is 0 Å². The van der Waals surface area contributed by atoms with Gasteiger partial charge in [-0.1, -0.05) is 28.1 Å². The molecule has 24 heavy (non-hydrogen) atoms. The number of ketones is 1. The summed E-state index contributed by atoms with van der Waals surface area (Å²) in [6, 6.07) is 16.1. The van der Waals surface area contributed by atoms with Crippen LogP contribution in [0.15, 0.2) is 63.9 Å². The summed E-state index contributed by atoms with van der Waals surface area (Å²) in [7, 11) is 1.72. The van der Waals surface area contributed by atoms with Crippen LogP contribution in [-0.2, 0) is 7.05 Å². The number of nitrogens with zero attached hydrogens (tertiary/aromatic N) is 3. The van der Waals surface area contributed by atoms with Crippen LogP contribution in [0.2, 0.25) is 0 Å². The molecule has 0 aliphatic carbocycles. The average molecular weight is 382 g/mol. The van der Waals surface area contributed by atoms with E-state index in [9.17, 15) is 9.59 Å². The van der Waals surface area contributed by atoms with Gasteiger partial charge in [0, 0.05) is 23.2 Å². The van der Waals surface area contributed by atoms with Crippen LogP contribution in [0.25, 0.3) is 16.6 Å². The number of para-hydroxylation sites is 2. The Morgan fingerprint density at radius 3 is 2.38 bits per heavy atom. The topological polar surface area (TPSA) is 56.4 Å². The van der Waals surface area contributed by atoms with E-state index in [0.29, 0.717) is 11.1 Å². The van der Waals surface area contributed by atoms with Crippen molar-refractivity contribution in [1.29, 1.82) is 0 Å².